The second kappa shape index (κ2) is 14.8. The van der Waals surface area contributed by atoms with Crippen molar-refractivity contribution in [1.29, 1.82) is 0 Å². The van der Waals surface area contributed by atoms with Gasteiger partial charge in [-0.3, -0.25) is 4.79 Å². The van der Waals surface area contributed by atoms with Crippen LogP contribution in [0.4, 0.5) is 0 Å². The molecule has 0 saturated carbocycles. The van der Waals surface area contributed by atoms with E-state index in [0.29, 0.717) is 6.42 Å². The van der Waals surface area contributed by atoms with Gasteiger partial charge in [0.15, 0.2) is 0 Å². The molecule has 0 aromatic rings. The van der Waals surface area contributed by atoms with Crippen LogP contribution in [0.15, 0.2) is 11.5 Å². The Balaban J connectivity index is 2.01. The molecule has 0 aromatic heterocycles. The van der Waals surface area contributed by atoms with Crippen molar-refractivity contribution in [2.75, 3.05) is 19.0 Å². The number of ether oxygens (including phenoxy) is 1. The first kappa shape index (κ1) is 21.6. The van der Waals surface area contributed by atoms with E-state index in [1.54, 1.807) is 0 Å². The van der Waals surface area contributed by atoms with Crippen LogP contribution in [0, 0.1) is 11.8 Å². The van der Waals surface area contributed by atoms with Gasteiger partial charge in [0.25, 0.3) is 0 Å². The molecule has 0 aromatic carbocycles. The van der Waals surface area contributed by atoms with Crippen LogP contribution in [-0.4, -0.2) is 30.0 Å². The Morgan fingerprint density at radius 2 is 1.83 bits per heavy atom. The van der Waals surface area contributed by atoms with Gasteiger partial charge in [-0.05, 0) is 55.1 Å². The fraction of sp³-hybridized carbons (Fsp3) is 0.850. The van der Waals surface area contributed by atoms with E-state index in [-0.39, 0.29) is 0 Å². The van der Waals surface area contributed by atoms with Gasteiger partial charge in [0, 0.05) is 19.6 Å². The van der Waals surface area contributed by atoms with Crippen LogP contribution in [0.3, 0.4) is 0 Å². The third-order valence-corrected chi connectivity index (χ3v) is 5.68. The SMILES string of the molecule is CCCCCC=CSCC[C@@H]1COC[C@@H]1CCCCCCC(=O)O. The van der Waals surface area contributed by atoms with Crippen molar-refractivity contribution in [3.8, 4) is 0 Å². The Kier molecular flexibility index (Phi) is 13.3. The number of unbranched alkanes of at least 4 members (excludes halogenated alkanes) is 6. The maximum atomic E-state index is 10.5. The first-order valence-electron chi connectivity index (χ1n) is 9.80. The van der Waals surface area contributed by atoms with Crippen LogP contribution in [0.2, 0.25) is 0 Å². The van der Waals surface area contributed by atoms with Crippen LogP contribution >= 0.6 is 11.8 Å². The Bertz CT molecular complexity index is 344. The summed E-state index contributed by atoms with van der Waals surface area (Å²) in [5.41, 5.74) is 0. The summed E-state index contributed by atoms with van der Waals surface area (Å²) in [5.74, 6) is 1.98. The van der Waals surface area contributed by atoms with Gasteiger partial charge >= 0.3 is 5.97 Å². The molecule has 0 radical (unpaired) electrons. The molecule has 1 rings (SSSR count). The van der Waals surface area contributed by atoms with Crippen LogP contribution in [0.5, 0.6) is 0 Å². The maximum Gasteiger partial charge on any atom is 0.303 e. The summed E-state index contributed by atoms with van der Waals surface area (Å²) in [7, 11) is 0. The van der Waals surface area contributed by atoms with E-state index in [9.17, 15) is 4.79 Å². The fourth-order valence-corrected chi connectivity index (χ4v) is 4.10. The Morgan fingerprint density at radius 3 is 2.58 bits per heavy atom. The number of thioether (sulfide) groups is 1. The molecular weight excluding hydrogens is 320 g/mol. The lowest BCUT2D eigenvalue weighted by Crippen LogP contribution is -2.13. The average Bonchev–Trinajstić information content (AvgIpc) is 3.00. The smallest absolute Gasteiger partial charge is 0.303 e. The molecule has 2 atom stereocenters. The van der Waals surface area contributed by atoms with E-state index < -0.39 is 5.97 Å². The highest BCUT2D eigenvalue weighted by molar-refractivity contribution is 8.02. The van der Waals surface area contributed by atoms with E-state index in [0.717, 1.165) is 44.3 Å². The summed E-state index contributed by atoms with van der Waals surface area (Å²) >= 11 is 1.95. The van der Waals surface area contributed by atoms with E-state index in [1.165, 1.54) is 50.7 Å². The van der Waals surface area contributed by atoms with E-state index in [2.05, 4.69) is 18.4 Å². The average molecular weight is 357 g/mol. The lowest BCUT2D eigenvalue weighted by Gasteiger charge is -2.16. The summed E-state index contributed by atoms with van der Waals surface area (Å²) in [6.07, 6.45) is 14.6. The first-order chi connectivity index (χ1) is 11.7. The third kappa shape index (κ3) is 11.1. The summed E-state index contributed by atoms with van der Waals surface area (Å²) < 4.78 is 5.70. The Morgan fingerprint density at radius 1 is 1.08 bits per heavy atom. The summed E-state index contributed by atoms with van der Waals surface area (Å²) in [5, 5.41) is 10.9. The van der Waals surface area contributed by atoms with Crippen molar-refractivity contribution < 1.29 is 14.6 Å². The number of hydrogen-bond acceptors (Lipinski definition) is 3. The van der Waals surface area contributed by atoms with Crippen LogP contribution in [0.25, 0.3) is 0 Å². The fourth-order valence-electron chi connectivity index (χ4n) is 3.25. The van der Waals surface area contributed by atoms with Crippen molar-refractivity contribution in [3.05, 3.63) is 11.5 Å². The predicted octanol–water partition coefficient (Wildman–Crippen LogP) is 5.89. The minimum Gasteiger partial charge on any atom is -0.481 e. The maximum absolute atomic E-state index is 10.5. The van der Waals surface area contributed by atoms with Crippen molar-refractivity contribution in [2.24, 2.45) is 11.8 Å². The molecule has 1 aliphatic heterocycles. The second-order valence-corrected chi connectivity index (χ2v) is 7.95. The summed E-state index contributed by atoms with van der Waals surface area (Å²) in [6, 6.07) is 0. The molecule has 1 saturated heterocycles. The van der Waals surface area contributed by atoms with E-state index in [4.69, 9.17) is 9.84 Å². The van der Waals surface area contributed by atoms with Crippen molar-refractivity contribution in [2.45, 2.75) is 77.6 Å². The standard InChI is InChI=1S/C20H36O3S/c1-2-3-4-7-10-14-24-15-13-19-17-23-16-18(19)11-8-5-6-9-12-20(21)22/h10,14,18-19H,2-9,11-13,15-17H2,1H3,(H,21,22)/t18-,19+/m0/s1. The Labute approximate surface area is 152 Å². The highest BCUT2D eigenvalue weighted by atomic mass is 32.2. The van der Waals surface area contributed by atoms with Gasteiger partial charge in [-0.25, -0.2) is 0 Å². The quantitative estimate of drug-likeness (QED) is 0.372. The number of rotatable bonds is 15. The monoisotopic (exact) mass is 356 g/mol. The van der Waals surface area contributed by atoms with Crippen LogP contribution < -0.4 is 0 Å². The molecule has 0 spiro atoms. The van der Waals surface area contributed by atoms with Crippen LogP contribution in [-0.2, 0) is 9.53 Å². The van der Waals surface area contributed by atoms with Gasteiger partial charge in [0.05, 0.1) is 0 Å². The summed E-state index contributed by atoms with van der Waals surface area (Å²) in [6.45, 7) is 4.11. The third-order valence-electron chi connectivity index (χ3n) is 4.82. The van der Waals surface area contributed by atoms with Gasteiger partial charge in [-0.15, -0.1) is 11.8 Å². The van der Waals surface area contributed by atoms with Gasteiger partial charge < -0.3 is 9.84 Å². The molecule has 1 aliphatic rings. The molecule has 0 amide bonds. The van der Waals surface area contributed by atoms with Gasteiger partial charge in [0.1, 0.15) is 0 Å². The summed E-state index contributed by atoms with van der Waals surface area (Å²) in [4.78, 5) is 10.5. The Hall–Kier alpha value is -0.480. The minimum atomic E-state index is -0.670. The number of carbonyl (C=O) groups is 1. The molecule has 0 unspecified atom stereocenters. The lowest BCUT2D eigenvalue weighted by atomic mass is 9.89. The van der Waals surface area contributed by atoms with Gasteiger partial charge in [-0.2, -0.15) is 0 Å². The molecule has 3 nitrogen and oxygen atoms in total. The zero-order valence-electron chi connectivity index (χ0n) is 15.4. The van der Waals surface area contributed by atoms with Crippen LogP contribution in [0.1, 0.15) is 77.6 Å². The molecule has 0 aliphatic carbocycles. The van der Waals surface area contributed by atoms with Crippen molar-refractivity contribution in [3.63, 3.8) is 0 Å². The number of carboxylic acid groups (broad SMARTS) is 1. The molecule has 1 heterocycles. The second-order valence-electron chi connectivity index (χ2n) is 6.93. The number of aliphatic carboxylic acids is 1. The number of hydrogen-bond donors (Lipinski definition) is 1. The van der Waals surface area contributed by atoms with Crippen molar-refractivity contribution in [1.82, 2.24) is 0 Å². The molecule has 1 N–H and O–H groups in total. The number of allylic oxidation sites excluding steroid dienone is 1. The highest BCUT2D eigenvalue weighted by Gasteiger charge is 2.26. The molecule has 24 heavy (non-hydrogen) atoms. The van der Waals surface area contributed by atoms with E-state index >= 15 is 0 Å². The molecular formula is C20H36O3S. The zero-order valence-corrected chi connectivity index (χ0v) is 16.2. The molecule has 4 heteroatoms. The minimum absolute atomic E-state index is 0.318. The normalized spacial score (nSPS) is 20.9. The zero-order chi connectivity index (χ0) is 17.5. The lowest BCUT2D eigenvalue weighted by molar-refractivity contribution is -0.137. The predicted molar refractivity (Wildman–Crippen MR) is 103 cm³/mol. The largest absolute Gasteiger partial charge is 0.481 e. The van der Waals surface area contributed by atoms with E-state index in [1.807, 2.05) is 11.8 Å². The number of carboxylic acids is 1. The highest BCUT2D eigenvalue weighted by Crippen LogP contribution is 2.30. The molecule has 140 valence electrons. The van der Waals surface area contributed by atoms with Crippen molar-refractivity contribution >= 4 is 17.7 Å². The molecule has 1 fully saturated rings. The van der Waals surface area contributed by atoms with Gasteiger partial charge in [0.2, 0.25) is 0 Å². The van der Waals surface area contributed by atoms with Gasteiger partial charge in [-0.1, -0.05) is 45.1 Å². The molecule has 0 bridgehead atoms. The first-order valence-corrected chi connectivity index (χ1v) is 10.8. The topological polar surface area (TPSA) is 46.5 Å².